The molecule has 0 saturated carbocycles. The molecule has 2 saturated heterocycles. The molecule has 1 atom stereocenters. The number of pyridine rings is 1. The summed E-state index contributed by atoms with van der Waals surface area (Å²) < 4.78 is 27.7. The van der Waals surface area contributed by atoms with E-state index in [2.05, 4.69) is 27.2 Å². The lowest BCUT2D eigenvalue weighted by molar-refractivity contribution is -0.111. The Balaban J connectivity index is 1.32. The van der Waals surface area contributed by atoms with Gasteiger partial charge in [0, 0.05) is 41.8 Å². The van der Waals surface area contributed by atoms with Crippen molar-refractivity contribution in [1.29, 1.82) is 0 Å². The van der Waals surface area contributed by atoms with Crippen LogP contribution in [0.5, 0.6) is 5.88 Å². The monoisotopic (exact) mass is 474 g/mol. The maximum atomic E-state index is 14.4. The zero-order valence-corrected chi connectivity index (χ0v) is 19.1. The van der Waals surface area contributed by atoms with Crippen LogP contribution in [0.25, 0.3) is 11.1 Å². The number of H-pyrrole nitrogens is 1. The molecule has 0 unspecified atom stereocenters. The van der Waals surface area contributed by atoms with Gasteiger partial charge in [-0.15, -0.1) is 0 Å². The molecule has 9 nitrogen and oxygen atoms in total. The van der Waals surface area contributed by atoms with Crippen LogP contribution >= 0.6 is 11.6 Å². The number of ether oxygens (including phenoxy) is 2. The number of nitrogens with one attached hydrogen (secondary N) is 1. The second-order valence-corrected chi connectivity index (χ2v) is 9.37. The molecule has 5 rings (SSSR count). The second-order valence-electron chi connectivity index (χ2n) is 8.99. The number of hydrogen-bond donors (Lipinski definition) is 1. The highest BCUT2D eigenvalue weighted by atomic mass is 35.5. The van der Waals surface area contributed by atoms with E-state index in [4.69, 9.17) is 21.1 Å². The van der Waals surface area contributed by atoms with E-state index in [0.717, 1.165) is 17.8 Å². The van der Waals surface area contributed by atoms with Crippen molar-refractivity contribution in [3.8, 4) is 17.0 Å². The van der Waals surface area contributed by atoms with Crippen molar-refractivity contribution in [3.05, 3.63) is 51.5 Å². The van der Waals surface area contributed by atoms with Gasteiger partial charge in [0.25, 0.3) is 5.56 Å². The van der Waals surface area contributed by atoms with Crippen molar-refractivity contribution < 1.29 is 13.9 Å². The molecule has 33 heavy (non-hydrogen) atoms. The quantitative estimate of drug-likeness (QED) is 0.548. The summed E-state index contributed by atoms with van der Waals surface area (Å²) in [5, 5.41) is 10.7. The highest BCUT2D eigenvalue weighted by Gasteiger charge is 2.34. The van der Waals surface area contributed by atoms with Crippen molar-refractivity contribution in [2.75, 3.05) is 31.2 Å². The van der Waals surface area contributed by atoms with Crippen molar-refractivity contribution in [1.82, 2.24) is 25.0 Å². The molecule has 3 aromatic rings. The summed E-state index contributed by atoms with van der Waals surface area (Å²) >= 11 is 6.12. The molecule has 0 aliphatic carbocycles. The first-order valence-electron chi connectivity index (χ1n) is 10.7. The van der Waals surface area contributed by atoms with E-state index in [0.29, 0.717) is 44.0 Å². The summed E-state index contributed by atoms with van der Waals surface area (Å²) in [6.45, 7) is 7.41. The summed E-state index contributed by atoms with van der Waals surface area (Å²) in [5.74, 6) is -0.413. The molecule has 2 fully saturated rings. The molecule has 0 bridgehead atoms. The Bertz CT molecular complexity index is 1240. The zero-order valence-electron chi connectivity index (χ0n) is 18.3. The number of halogens is 2. The van der Waals surface area contributed by atoms with E-state index in [-0.39, 0.29) is 22.4 Å². The molecule has 3 aromatic heterocycles. The van der Waals surface area contributed by atoms with Crippen molar-refractivity contribution in [2.45, 2.75) is 32.9 Å². The predicted octanol–water partition coefficient (Wildman–Crippen LogP) is 2.82. The van der Waals surface area contributed by atoms with E-state index in [9.17, 15) is 9.18 Å². The fourth-order valence-electron chi connectivity index (χ4n) is 4.29. The minimum atomic E-state index is -0.620. The van der Waals surface area contributed by atoms with E-state index >= 15 is 0 Å². The van der Waals surface area contributed by atoms with Gasteiger partial charge < -0.3 is 14.4 Å². The number of hydrogen-bond acceptors (Lipinski definition) is 7. The maximum absolute atomic E-state index is 14.4. The minimum absolute atomic E-state index is 0.0716. The molecule has 2 aliphatic rings. The topological polar surface area (TPSA) is 98.2 Å². The summed E-state index contributed by atoms with van der Waals surface area (Å²) in [7, 11) is 0. The number of rotatable bonds is 6. The smallest absolute Gasteiger partial charge is 0.285 e. The fourth-order valence-corrected chi connectivity index (χ4v) is 4.50. The Morgan fingerprint density at radius 1 is 1.36 bits per heavy atom. The maximum Gasteiger partial charge on any atom is 0.285 e. The third-order valence-corrected chi connectivity index (χ3v) is 6.53. The highest BCUT2D eigenvalue weighted by molar-refractivity contribution is 6.33. The van der Waals surface area contributed by atoms with Crippen LogP contribution in [0.1, 0.15) is 19.0 Å². The Labute approximate surface area is 194 Å². The Kier molecular flexibility index (Phi) is 5.57. The first-order chi connectivity index (χ1) is 15.8. The first kappa shape index (κ1) is 21.8. The van der Waals surface area contributed by atoms with Crippen LogP contribution in [0.3, 0.4) is 0 Å². The zero-order chi connectivity index (χ0) is 23.2. The van der Waals surface area contributed by atoms with Gasteiger partial charge in [-0.2, -0.15) is 19.6 Å². The summed E-state index contributed by atoms with van der Waals surface area (Å²) in [4.78, 5) is 17.6. The Morgan fingerprint density at radius 2 is 2.18 bits per heavy atom. The molecule has 174 valence electrons. The Hall–Kier alpha value is -2.98. The normalized spacial score (nSPS) is 19.5. The van der Waals surface area contributed by atoms with Crippen LogP contribution in [0.15, 0.2) is 29.3 Å². The number of aromatic nitrogens is 5. The molecule has 2 aliphatic heterocycles. The van der Waals surface area contributed by atoms with Gasteiger partial charge in [0.05, 0.1) is 44.4 Å². The molecule has 0 amide bonds. The summed E-state index contributed by atoms with van der Waals surface area (Å²) in [6, 6.07) is 3.12. The highest BCUT2D eigenvalue weighted by Crippen LogP contribution is 2.32. The summed E-state index contributed by atoms with van der Waals surface area (Å²) in [6.07, 6.45) is 3.70. The fraction of sp³-hybridized carbons (Fsp3) is 0.455. The van der Waals surface area contributed by atoms with Gasteiger partial charge in [0.2, 0.25) is 11.8 Å². The lowest BCUT2D eigenvalue weighted by Crippen LogP contribution is -2.43. The van der Waals surface area contributed by atoms with Gasteiger partial charge in [0.1, 0.15) is 11.1 Å². The van der Waals surface area contributed by atoms with Gasteiger partial charge >= 0.3 is 0 Å². The van der Waals surface area contributed by atoms with Crippen LogP contribution < -0.4 is 15.2 Å². The van der Waals surface area contributed by atoms with Crippen LogP contribution in [-0.2, 0) is 11.3 Å². The van der Waals surface area contributed by atoms with Gasteiger partial charge in [-0.3, -0.25) is 9.48 Å². The lowest BCUT2D eigenvalue weighted by Gasteiger charge is -2.38. The molecular formula is C22H24ClFN6O3. The van der Waals surface area contributed by atoms with Gasteiger partial charge in [0.15, 0.2) is 0 Å². The van der Waals surface area contributed by atoms with Crippen molar-refractivity contribution in [3.63, 3.8) is 0 Å². The van der Waals surface area contributed by atoms with Gasteiger partial charge in [-0.25, -0.2) is 5.10 Å². The number of aromatic amines is 1. The standard InChI is InChI=1S/C22H24ClFN6O3/c1-13-16(7-26-30(13)10-22(2)11-32-12-22)14-5-18(24)27-19(6-14)33-15-3-4-29(9-15)17-8-25-28-21(31)20(17)23/h5-8,15H,3-4,9-12H2,1-2H3,(H,28,31)/t15-/m1/s1. The largest absolute Gasteiger partial charge is 0.472 e. The minimum Gasteiger partial charge on any atom is -0.472 e. The number of nitrogens with zero attached hydrogens (tertiary/aromatic N) is 5. The van der Waals surface area contributed by atoms with Gasteiger partial charge in [-0.05, 0) is 12.5 Å². The van der Waals surface area contributed by atoms with E-state index < -0.39 is 11.5 Å². The van der Waals surface area contributed by atoms with E-state index in [1.54, 1.807) is 12.3 Å². The molecule has 0 spiro atoms. The lowest BCUT2D eigenvalue weighted by atomic mass is 9.89. The molecule has 11 heteroatoms. The molecule has 1 N–H and O–H groups in total. The average Bonchev–Trinajstić information content (AvgIpc) is 3.35. The second kappa shape index (κ2) is 8.42. The van der Waals surface area contributed by atoms with E-state index in [1.807, 2.05) is 16.5 Å². The molecule has 0 radical (unpaired) electrons. The third kappa shape index (κ3) is 4.32. The van der Waals surface area contributed by atoms with E-state index in [1.165, 1.54) is 12.3 Å². The van der Waals surface area contributed by atoms with Crippen molar-refractivity contribution >= 4 is 17.3 Å². The average molecular weight is 475 g/mol. The van der Waals surface area contributed by atoms with Crippen LogP contribution in [0, 0.1) is 18.3 Å². The third-order valence-electron chi connectivity index (χ3n) is 6.17. The van der Waals surface area contributed by atoms with Crippen LogP contribution in [0.4, 0.5) is 10.1 Å². The Morgan fingerprint density at radius 3 is 2.94 bits per heavy atom. The molecule has 5 heterocycles. The predicted molar refractivity (Wildman–Crippen MR) is 120 cm³/mol. The van der Waals surface area contributed by atoms with Crippen molar-refractivity contribution in [2.24, 2.45) is 5.41 Å². The SMILES string of the molecule is Cc1c(-c2cc(F)nc(O[C@@H]3CCN(c4cn[nH]c(=O)c4Cl)C3)c2)cnn1CC1(C)COC1. The first-order valence-corrected chi connectivity index (χ1v) is 11.1. The summed E-state index contributed by atoms with van der Waals surface area (Å²) in [5.41, 5.74) is 2.62. The molecule has 0 aromatic carbocycles. The molecular weight excluding hydrogens is 451 g/mol. The van der Waals surface area contributed by atoms with Crippen LogP contribution in [-0.4, -0.2) is 57.4 Å². The van der Waals surface area contributed by atoms with Crippen LogP contribution in [0.2, 0.25) is 5.02 Å². The number of anilines is 1. The van der Waals surface area contributed by atoms with Gasteiger partial charge in [-0.1, -0.05) is 18.5 Å².